The molecular weight excluding hydrogens is 999 g/mol. The van der Waals surface area contributed by atoms with Crippen molar-refractivity contribution in [1.82, 2.24) is 57.7 Å². The van der Waals surface area contributed by atoms with Crippen LogP contribution in [-0.2, 0) is 49.7 Å². The number of aliphatic hydroxyl groups excluding tert-OH is 1. The van der Waals surface area contributed by atoms with E-state index >= 15 is 0 Å². The fourth-order valence-electron chi connectivity index (χ4n) is 11.2. The maximum atomic E-state index is 14.4. The highest BCUT2D eigenvalue weighted by molar-refractivity contribution is 5.97. The zero-order chi connectivity index (χ0) is 56.1. The smallest absolute Gasteiger partial charge is 0.247 e. The molecule has 0 radical (unpaired) electrons. The average molecular weight is 1080 g/mol. The van der Waals surface area contributed by atoms with Crippen LogP contribution >= 0.6 is 0 Å². The van der Waals surface area contributed by atoms with Crippen molar-refractivity contribution in [2.75, 3.05) is 40.3 Å². The number of aliphatic hydroxyl groups is 1. The molecule has 0 saturated carbocycles. The lowest BCUT2D eigenvalue weighted by molar-refractivity contribution is -0.144. The normalized spacial score (nSPS) is 23.8. The van der Waals surface area contributed by atoms with Crippen LogP contribution in [0.5, 0.6) is 0 Å². The Morgan fingerprint density at radius 2 is 1.08 bits per heavy atom. The Morgan fingerprint density at radius 1 is 0.590 bits per heavy atom. The monoisotopic (exact) mass is 1080 g/mol. The van der Waals surface area contributed by atoms with Crippen LogP contribution in [0.4, 0.5) is 0 Å². The van der Waals surface area contributed by atoms with E-state index in [2.05, 4.69) is 59.7 Å². The van der Waals surface area contributed by atoms with E-state index in [0.717, 1.165) is 5.56 Å². The highest BCUT2D eigenvalue weighted by atomic mass is 16.3. The fourth-order valence-corrected chi connectivity index (χ4v) is 11.2. The molecule has 21 nitrogen and oxygen atoms in total. The number of hydrogen-bond donors (Lipinski definition) is 10. The van der Waals surface area contributed by atoms with Crippen molar-refractivity contribution in [3.63, 3.8) is 0 Å². The summed E-state index contributed by atoms with van der Waals surface area (Å²) in [5.74, 6) is 1.63. The summed E-state index contributed by atoms with van der Waals surface area (Å²) >= 11 is 0. The van der Waals surface area contributed by atoms with Crippen LogP contribution in [-0.4, -0.2) is 157 Å². The van der Waals surface area contributed by atoms with Crippen molar-refractivity contribution in [2.24, 2.45) is 11.8 Å². The van der Waals surface area contributed by atoms with Gasteiger partial charge in [0.05, 0.1) is 12.1 Å². The van der Waals surface area contributed by atoms with E-state index in [0.29, 0.717) is 76.3 Å². The van der Waals surface area contributed by atoms with E-state index in [1.807, 2.05) is 44.2 Å². The molecule has 2 aromatic rings. The predicted molar refractivity (Wildman–Crippen MR) is 291 cm³/mol. The Hall–Kier alpha value is -6.89. The van der Waals surface area contributed by atoms with Gasteiger partial charge in [-0.2, -0.15) is 0 Å². The minimum absolute atomic E-state index is 0.0546. The van der Waals surface area contributed by atoms with Gasteiger partial charge in [0, 0.05) is 82.4 Å². The van der Waals surface area contributed by atoms with Gasteiger partial charge in [-0.1, -0.05) is 74.5 Å². The Labute approximate surface area is 458 Å². The van der Waals surface area contributed by atoms with Crippen molar-refractivity contribution in [3.8, 4) is 11.8 Å². The third-order valence-corrected chi connectivity index (χ3v) is 15.7. The molecular formula is C57H81N11O10. The number of fused-ring (bicyclic) bond motifs is 2. The maximum absolute atomic E-state index is 14.4. The third-order valence-electron chi connectivity index (χ3n) is 15.7. The van der Waals surface area contributed by atoms with Crippen molar-refractivity contribution < 1.29 is 48.3 Å². The van der Waals surface area contributed by atoms with Crippen LogP contribution in [0.15, 0.2) is 60.7 Å². The number of carbonyl (C=O) groups excluding carboxylic acids is 9. The molecule has 11 atom stereocenters. The summed E-state index contributed by atoms with van der Waals surface area (Å²) in [5, 5.41) is 36.3. The minimum atomic E-state index is -1.12. The first-order valence-corrected chi connectivity index (χ1v) is 27.9. The minimum Gasteiger partial charge on any atom is -0.396 e. The fraction of sp³-hybridized carbons (Fsp3) is 0.596. The van der Waals surface area contributed by atoms with Crippen LogP contribution in [0, 0.1) is 23.7 Å². The number of benzene rings is 2. The van der Waals surface area contributed by atoms with Crippen LogP contribution in [0.1, 0.15) is 121 Å². The number of amides is 9. The Morgan fingerprint density at radius 3 is 1.62 bits per heavy atom. The average Bonchev–Trinajstić information content (AvgIpc) is 4.16. The van der Waals surface area contributed by atoms with Crippen molar-refractivity contribution in [3.05, 3.63) is 71.8 Å². The van der Waals surface area contributed by atoms with Gasteiger partial charge in [-0.3, -0.25) is 43.2 Å². The third kappa shape index (κ3) is 16.1. The molecule has 4 fully saturated rings. The molecule has 10 N–H and O–H groups in total. The molecule has 0 spiro atoms. The highest BCUT2D eigenvalue weighted by Crippen LogP contribution is 2.36. The standard InChI is InChI=1S/C57H81N11O10/c1-5-42(58-3)51(72)65-49-38(23-25-40-27-29-44(67(40)56(49)77)53(74)63-33-36-17-11-9-12-18-36)34-62-47(71)22-16-8-7-15-21-46(70)60-31-32-61-55(76)48(37-19-13-10-14-20-37)64-54(75)45-30-28-41-26-24-39(35-69)50(57(78)68(41)45)66-52(73)43(6-2)59-4/h9-14,17-20,38-45,48-50,58-59,69H,5-6,15-16,21-35H2,1-4H3,(H,60,70)(H,61,76)(H,62,71)(H,63,74)(H,64,75)(H,65,72)(H,66,73)/t38-,39-,40+,41+,42+,43+,44+,45+,48+,49+,50+/m1/s1. The molecule has 0 bridgehead atoms. The number of rotatable bonds is 25. The van der Waals surface area contributed by atoms with Gasteiger partial charge in [-0.15, -0.1) is 11.8 Å². The lowest BCUT2D eigenvalue weighted by atomic mass is 9.92. The predicted octanol–water partition coefficient (Wildman–Crippen LogP) is 0.570. The summed E-state index contributed by atoms with van der Waals surface area (Å²) in [6.07, 6.45) is 5.90. The highest BCUT2D eigenvalue weighted by Gasteiger charge is 2.49. The Bertz CT molecular complexity index is 2450. The van der Waals surface area contributed by atoms with Gasteiger partial charge in [-0.05, 0) is 89.4 Å². The lowest BCUT2D eigenvalue weighted by Gasteiger charge is -2.33. The summed E-state index contributed by atoms with van der Waals surface area (Å²) in [6.45, 7) is 4.03. The van der Waals surface area contributed by atoms with Gasteiger partial charge in [0.25, 0.3) is 0 Å². The molecule has 78 heavy (non-hydrogen) atoms. The molecule has 4 aliphatic rings. The molecule has 4 heterocycles. The molecule has 2 aromatic carbocycles. The summed E-state index contributed by atoms with van der Waals surface area (Å²) in [5.41, 5.74) is 1.46. The molecule has 0 unspecified atom stereocenters. The molecule has 4 saturated heterocycles. The number of likely N-dealkylation sites (N-methyl/N-ethyl adjacent to an activating group) is 2. The van der Waals surface area contributed by atoms with Gasteiger partial charge in [-0.25, -0.2) is 0 Å². The van der Waals surface area contributed by atoms with E-state index in [1.54, 1.807) is 49.3 Å². The molecule has 424 valence electrons. The first-order valence-electron chi connectivity index (χ1n) is 27.9. The van der Waals surface area contributed by atoms with E-state index in [1.165, 1.54) is 4.90 Å². The van der Waals surface area contributed by atoms with Gasteiger partial charge < -0.3 is 62.8 Å². The number of carbonyl (C=O) groups is 9. The lowest BCUT2D eigenvalue weighted by Crippen LogP contribution is -2.59. The van der Waals surface area contributed by atoms with E-state index in [4.69, 9.17) is 0 Å². The van der Waals surface area contributed by atoms with Gasteiger partial charge >= 0.3 is 0 Å². The summed E-state index contributed by atoms with van der Waals surface area (Å²) in [6, 6.07) is 12.1. The molecule has 6 rings (SSSR count). The topological polar surface area (TPSA) is 289 Å². The zero-order valence-electron chi connectivity index (χ0n) is 45.6. The summed E-state index contributed by atoms with van der Waals surface area (Å²) < 4.78 is 0. The summed E-state index contributed by atoms with van der Waals surface area (Å²) in [7, 11) is 3.34. The van der Waals surface area contributed by atoms with Crippen LogP contribution in [0.25, 0.3) is 0 Å². The number of nitrogens with one attached hydrogen (secondary N) is 9. The quantitative estimate of drug-likeness (QED) is 0.0483. The molecule has 0 aliphatic carbocycles. The number of hydrogen-bond acceptors (Lipinski definition) is 12. The SMILES string of the molecule is CC[C@H](NC)C(=O)N[C@@H]1C(=O)N2[C@@H](CC[C@@H]1CNC(=O)CCC#CCCC(=O)NCCNC(=O)[C@@H](NC(=O)[C@@H]1CC[C@@H]3CC[C@H](CO)[C@H](NC(=O)[C@H](CC)NC)C(=O)N31)c1ccccc1)CC[C@H]2C(=O)NCc1ccccc1. The summed E-state index contributed by atoms with van der Waals surface area (Å²) in [4.78, 5) is 125. The number of nitrogens with zero attached hydrogens (tertiary/aromatic N) is 2. The largest absolute Gasteiger partial charge is 0.396 e. The van der Waals surface area contributed by atoms with Crippen LogP contribution in [0.3, 0.4) is 0 Å². The first kappa shape index (κ1) is 60.3. The molecule has 4 aliphatic heterocycles. The molecule has 0 aromatic heterocycles. The second-order valence-corrected chi connectivity index (χ2v) is 20.7. The zero-order valence-corrected chi connectivity index (χ0v) is 45.6. The maximum Gasteiger partial charge on any atom is 0.247 e. The molecule has 9 amide bonds. The van der Waals surface area contributed by atoms with Gasteiger partial charge in [0.1, 0.15) is 30.2 Å². The van der Waals surface area contributed by atoms with E-state index in [9.17, 15) is 48.3 Å². The van der Waals surface area contributed by atoms with Crippen molar-refractivity contribution in [2.45, 2.75) is 165 Å². The first-order chi connectivity index (χ1) is 37.7. The van der Waals surface area contributed by atoms with Crippen molar-refractivity contribution >= 4 is 53.2 Å². The van der Waals surface area contributed by atoms with Crippen molar-refractivity contribution in [1.29, 1.82) is 0 Å². The van der Waals surface area contributed by atoms with E-state index in [-0.39, 0.29) is 99.5 Å². The second kappa shape index (κ2) is 30.3. The van der Waals surface area contributed by atoms with E-state index < -0.39 is 71.9 Å². The van der Waals surface area contributed by atoms with Gasteiger partial charge in [0.2, 0.25) is 53.2 Å². The van der Waals surface area contributed by atoms with Crippen LogP contribution < -0.4 is 47.9 Å². The Kier molecular flexibility index (Phi) is 23.4. The second-order valence-electron chi connectivity index (χ2n) is 20.7. The van der Waals surface area contributed by atoms with Gasteiger partial charge in [0.15, 0.2) is 0 Å². The Balaban J connectivity index is 0.938. The van der Waals surface area contributed by atoms with Crippen LogP contribution in [0.2, 0.25) is 0 Å². The molecule has 21 heteroatoms.